The van der Waals surface area contributed by atoms with Crippen molar-refractivity contribution in [2.24, 2.45) is 0 Å². The number of nitrogen functional groups attached to an aromatic ring is 1. The third-order valence-electron chi connectivity index (χ3n) is 4.81. The number of aromatic nitrogens is 3. The third-order valence-corrected chi connectivity index (χ3v) is 5.13. The Labute approximate surface area is 180 Å². The van der Waals surface area contributed by atoms with E-state index in [1.807, 2.05) is 32.0 Å². The lowest BCUT2D eigenvalue weighted by atomic mass is 10.0. The van der Waals surface area contributed by atoms with Gasteiger partial charge in [-0.05, 0) is 46.1 Å². The van der Waals surface area contributed by atoms with Crippen LogP contribution < -0.4 is 11.3 Å². The van der Waals surface area contributed by atoms with E-state index in [2.05, 4.69) is 9.97 Å². The minimum absolute atomic E-state index is 0.221. The molecular weight excluding hydrogens is 400 g/mol. The van der Waals surface area contributed by atoms with Crippen LogP contribution in [0.15, 0.2) is 41.5 Å². The van der Waals surface area contributed by atoms with Gasteiger partial charge >= 0.3 is 0 Å². The second kappa shape index (κ2) is 9.19. The van der Waals surface area contributed by atoms with Gasteiger partial charge in [-0.1, -0.05) is 23.7 Å². The quantitative estimate of drug-likeness (QED) is 0.565. The van der Waals surface area contributed by atoms with E-state index < -0.39 is 0 Å². The number of anilines is 1. The van der Waals surface area contributed by atoms with Crippen LogP contribution in [0.2, 0.25) is 5.02 Å². The molecule has 0 saturated heterocycles. The molecule has 0 atom stereocenters. The minimum Gasteiger partial charge on any atom is -0.384 e. The highest BCUT2D eigenvalue weighted by Gasteiger charge is 2.16. The fourth-order valence-electron chi connectivity index (χ4n) is 3.27. The lowest BCUT2D eigenvalue weighted by molar-refractivity contribution is 0.385. The maximum Gasteiger partial charge on any atom is 0.260 e. The number of pyridine rings is 1. The molecule has 0 aliphatic rings. The van der Waals surface area contributed by atoms with Crippen LogP contribution in [-0.4, -0.2) is 46.3 Å². The average molecular weight is 425 g/mol. The van der Waals surface area contributed by atoms with Crippen LogP contribution in [-0.2, 0) is 6.54 Å². The minimum atomic E-state index is -0.221. The molecule has 8 heteroatoms. The number of nitrogens with zero attached hydrogens (tertiary/aromatic N) is 4. The molecule has 0 saturated carbocycles. The van der Waals surface area contributed by atoms with Crippen LogP contribution in [0.5, 0.6) is 0 Å². The SMILES string of the molecule is Cc1cncc(-c2ccc(-c3cc(C=N)c(N)n(CCCN(C)C)c3=O)c(Cl)c2)n1. The zero-order chi connectivity index (χ0) is 21.8. The molecule has 2 heterocycles. The van der Waals surface area contributed by atoms with E-state index >= 15 is 0 Å². The maximum atomic E-state index is 13.2. The van der Waals surface area contributed by atoms with E-state index in [0.29, 0.717) is 39.8 Å². The molecule has 7 nitrogen and oxygen atoms in total. The van der Waals surface area contributed by atoms with Gasteiger partial charge in [0, 0.05) is 46.2 Å². The maximum absolute atomic E-state index is 13.2. The molecule has 156 valence electrons. The van der Waals surface area contributed by atoms with Gasteiger partial charge in [-0.2, -0.15) is 0 Å². The summed E-state index contributed by atoms with van der Waals surface area (Å²) in [5, 5.41) is 8.12. The number of rotatable bonds is 7. The van der Waals surface area contributed by atoms with Crippen LogP contribution in [0.25, 0.3) is 22.4 Å². The summed E-state index contributed by atoms with van der Waals surface area (Å²) in [6.07, 6.45) is 5.28. The van der Waals surface area contributed by atoms with Crippen LogP contribution >= 0.6 is 11.6 Å². The van der Waals surface area contributed by atoms with Crippen molar-refractivity contribution < 1.29 is 0 Å². The molecule has 30 heavy (non-hydrogen) atoms. The van der Waals surface area contributed by atoms with Crippen molar-refractivity contribution in [2.75, 3.05) is 26.4 Å². The van der Waals surface area contributed by atoms with E-state index in [-0.39, 0.29) is 5.56 Å². The molecular formula is C22H25ClN6O. The molecule has 3 N–H and O–H groups in total. The second-order valence-electron chi connectivity index (χ2n) is 7.40. The normalized spacial score (nSPS) is 11.1. The number of hydrogen-bond donors (Lipinski definition) is 2. The summed E-state index contributed by atoms with van der Waals surface area (Å²) in [7, 11) is 3.96. The van der Waals surface area contributed by atoms with Gasteiger partial charge in [0.05, 0.1) is 17.6 Å². The Morgan fingerprint density at radius 2 is 2.00 bits per heavy atom. The standard InChI is InChI=1S/C22H25ClN6O/c1-14-12-26-13-20(27-14)15-5-6-17(19(23)10-15)18-9-16(11-24)21(25)29(22(18)30)8-4-7-28(2)3/h5-6,9-13,24H,4,7-8,25H2,1-3H3. The first-order valence-corrected chi connectivity index (χ1v) is 9.97. The highest BCUT2D eigenvalue weighted by atomic mass is 35.5. The van der Waals surface area contributed by atoms with Gasteiger partial charge in [0.1, 0.15) is 5.82 Å². The topological polar surface area (TPSA) is 101 Å². The Morgan fingerprint density at radius 1 is 1.23 bits per heavy atom. The molecule has 0 fully saturated rings. The van der Waals surface area contributed by atoms with Gasteiger partial charge in [-0.15, -0.1) is 0 Å². The molecule has 3 rings (SSSR count). The van der Waals surface area contributed by atoms with Gasteiger partial charge in [-0.3, -0.25) is 14.3 Å². The lowest BCUT2D eigenvalue weighted by Crippen LogP contribution is -2.27. The largest absolute Gasteiger partial charge is 0.384 e. The Bertz CT molecular complexity index is 1140. The number of benzene rings is 1. The smallest absolute Gasteiger partial charge is 0.260 e. The molecule has 0 unspecified atom stereocenters. The van der Waals surface area contributed by atoms with Crippen molar-refractivity contribution in [2.45, 2.75) is 19.9 Å². The van der Waals surface area contributed by atoms with E-state index in [1.165, 1.54) is 4.57 Å². The predicted molar refractivity (Wildman–Crippen MR) is 122 cm³/mol. The van der Waals surface area contributed by atoms with Gasteiger partial charge in [0.2, 0.25) is 0 Å². The summed E-state index contributed by atoms with van der Waals surface area (Å²) in [6, 6.07) is 7.06. The summed E-state index contributed by atoms with van der Waals surface area (Å²) in [6.45, 7) is 3.16. The average Bonchev–Trinajstić information content (AvgIpc) is 2.71. The number of halogens is 1. The number of aryl methyl sites for hydroxylation is 1. The monoisotopic (exact) mass is 424 g/mol. The van der Waals surface area contributed by atoms with Crippen molar-refractivity contribution in [3.63, 3.8) is 0 Å². The number of nitrogens with one attached hydrogen (secondary N) is 1. The van der Waals surface area contributed by atoms with Crippen LogP contribution in [0, 0.1) is 12.3 Å². The first kappa shape index (κ1) is 21.7. The fourth-order valence-corrected chi connectivity index (χ4v) is 3.56. The Morgan fingerprint density at radius 3 is 2.63 bits per heavy atom. The fraction of sp³-hybridized carbons (Fsp3) is 0.273. The van der Waals surface area contributed by atoms with Crippen molar-refractivity contribution in [3.8, 4) is 22.4 Å². The van der Waals surface area contributed by atoms with Crippen molar-refractivity contribution in [1.82, 2.24) is 19.4 Å². The molecule has 2 aromatic heterocycles. The van der Waals surface area contributed by atoms with Crippen molar-refractivity contribution in [1.29, 1.82) is 5.41 Å². The second-order valence-corrected chi connectivity index (χ2v) is 7.80. The van der Waals surface area contributed by atoms with Crippen LogP contribution in [0.4, 0.5) is 5.82 Å². The van der Waals surface area contributed by atoms with Crippen LogP contribution in [0.3, 0.4) is 0 Å². The molecule has 0 bridgehead atoms. The van der Waals surface area contributed by atoms with E-state index in [0.717, 1.165) is 30.4 Å². The highest BCUT2D eigenvalue weighted by Crippen LogP contribution is 2.31. The first-order chi connectivity index (χ1) is 14.3. The van der Waals surface area contributed by atoms with E-state index in [1.54, 1.807) is 30.6 Å². The third kappa shape index (κ3) is 4.58. The zero-order valence-corrected chi connectivity index (χ0v) is 18.1. The predicted octanol–water partition coefficient (Wildman–Crippen LogP) is 3.47. The van der Waals surface area contributed by atoms with E-state index in [9.17, 15) is 4.79 Å². The summed E-state index contributed by atoms with van der Waals surface area (Å²) in [5.74, 6) is 0.292. The van der Waals surface area contributed by atoms with Gasteiger partial charge in [-0.25, -0.2) is 4.98 Å². The first-order valence-electron chi connectivity index (χ1n) is 9.59. The van der Waals surface area contributed by atoms with Gasteiger partial charge in [0.25, 0.3) is 5.56 Å². The summed E-state index contributed by atoms with van der Waals surface area (Å²) in [4.78, 5) is 23.9. The Balaban J connectivity index is 2.06. The van der Waals surface area contributed by atoms with E-state index in [4.69, 9.17) is 22.7 Å². The van der Waals surface area contributed by atoms with Gasteiger partial charge < -0.3 is 16.0 Å². The Kier molecular flexibility index (Phi) is 6.64. The van der Waals surface area contributed by atoms with Crippen molar-refractivity contribution in [3.05, 3.63) is 63.3 Å². The highest BCUT2D eigenvalue weighted by molar-refractivity contribution is 6.33. The van der Waals surface area contributed by atoms with Gasteiger partial charge in [0.15, 0.2) is 0 Å². The zero-order valence-electron chi connectivity index (χ0n) is 17.3. The summed E-state index contributed by atoms with van der Waals surface area (Å²) >= 11 is 6.57. The molecule has 1 aromatic carbocycles. The molecule has 0 aliphatic heterocycles. The molecule has 0 amide bonds. The number of hydrogen-bond acceptors (Lipinski definition) is 6. The van der Waals surface area contributed by atoms with Crippen molar-refractivity contribution >= 4 is 23.6 Å². The van der Waals surface area contributed by atoms with Crippen LogP contribution in [0.1, 0.15) is 17.7 Å². The summed E-state index contributed by atoms with van der Waals surface area (Å²) < 4.78 is 1.52. The summed E-state index contributed by atoms with van der Waals surface area (Å²) in [5.41, 5.74) is 9.77. The lowest BCUT2D eigenvalue weighted by Gasteiger charge is -2.16. The molecule has 0 aliphatic carbocycles. The molecule has 0 radical (unpaired) electrons. The molecule has 3 aromatic rings. The number of nitrogens with two attached hydrogens (primary N) is 1. The Hall–Kier alpha value is -3.03. The molecule has 0 spiro atoms.